The van der Waals surface area contributed by atoms with Crippen LogP contribution in [0.3, 0.4) is 0 Å². The normalized spacial score (nSPS) is 10.6. The lowest BCUT2D eigenvalue weighted by atomic mass is 10.1. The number of rotatable bonds is 10. The molecule has 3 amide bonds. The Morgan fingerprint density at radius 1 is 1.15 bits per heavy atom. The van der Waals surface area contributed by atoms with Crippen molar-refractivity contribution in [2.75, 3.05) is 32.1 Å². The summed E-state index contributed by atoms with van der Waals surface area (Å²) in [5.41, 5.74) is 1.91. The van der Waals surface area contributed by atoms with Crippen molar-refractivity contribution < 1.29 is 14.3 Å². The van der Waals surface area contributed by atoms with Crippen LogP contribution in [-0.4, -0.2) is 48.6 Å². The number of nitrogens with zero attached hydrogens (tertiary/aromatic N) is 2. The Morgan fingerprint density at radius 3 is 2.67 bits per heavy atom. The first-order valence-electron chi connectivity index (χ1n) is 10.2. The van der Waals surface area contributed by atoms with E-state index in [2.05, 4.69) is 15.6 Å². The van der Waals surface area contributed by atoms with Crippen molar-refractivity contribution in [3.05, 3.63) is 80.2 Å². The highest BCUT2D eigenvalue weighted by atomic mass is 35.5. The largest absolute Gasteiger partial charge is 0.383 e. The number of benzene rings is 2. The molecule has 3 rings (SSSR count). The van der Waals surface area contributed by atoms with Crippen LogP contribution in [0, 0.1) is 0 Å². The van der Waals surface area contributed by atoms with Crippen LogP contribution < -0.4 is 10.6 Å². The van der Waals surface area contributed by atoms with E-state index in [-0.39, 0.29) is 18.5 Å². The molecule has 0 fully saturated rings. The van der Waals surface area contributed by atoms with Crippen LogP contribution in [0.25, 0.3) is 0 Å². The molecule has 0 aliphatic carbocycles. The molecule has 0 aliphatic rings. The highest BCUT2D eigenvalue weighted by molar-refractivity contribution is 7.09. The molecule has 0 atom stereocenters. The number of halogens is 2. The number of hydrogen-bond donors (Lipinski definition) is 2. The number of ether oxygens (including phenoxy) is 1. The molecule has 2 aromatic carbocycles. The van der Waals surface area contributed by atoms with Crippen molar-refractivity contribution in [2.45, 2.75) is 13.0 Å². The van der Waals surface area contributed by atoms with E-state index >= 15 is 0 Å². The van der Waals surface area contributed by atoms with Gasteiger partial charge in [-0.2, -0.15) is 0 Å². The molecule has 0 spiro atoms. The zero-order chi connectivity index (χ0) is 23.6. The number of para-hydroxylation sites is 1. The molecule has 0 unspecified atom stereocenters. The number of carbonyl (C=O) groups excluding carboxylic acids is 2. The van der Waals surface area contributed by atoms with Gasteiger partial charge in [-0.05, 0) is 36.2 Å². The Bertz CT molecular complexity index is 1080. The lowest BCUT2D eigenvalue weighted by Gasteiger charge is -2.21. The number of thiazole rings is 1. The van der Waals surface area contributed by atoms with E-state index in [0.29, 0.717) is 52.6 Å². The van der Waals surface area contributed by atoms with Crippen LogP contribution >= 0.6 is 34.5 Å². The van der Waals surface area contributed by atoms with Crippen LogP contribution in [0.1, 0.15) is 21.1 Å². The van der Waals surface area contributed by atoms with Crippen LogP contribution in [0.4, 0.5) is 10.5 Å². The SMILES string of the molecule is COCCN(Cc1nc(C(=O)NCCc2ccc(Cl)cc2Cl)cs1)C(=O)Nc1ccccc1. The number of urea groups is 1. The maximum atomic E-state index is 12.7. The summed E-state index contributed by atoms with van der Waals surface area (Å²) in [7, 11) is 1.58. The van der Waals surface area contributed by atoms with Gasteiger partial charge in [-0.1, -0.05) is 47.5 Å². The van der Waals surface area contributed by atoms with Gasteiger partial charge in [0.15, 0.2) is 0 Å². The highest BCUT2D eigenvalue weighted by Crippen LogP contribution is 2.21. The summed E-state index contributed by atoms with van der Waals surface area (Å²) in [6.45, 7) is 1.44. The van der Waals surface area contributed by atoms with Crippen molar-refractivity contribution in [1.29, 1.82) is 0 Å². The van der Waals surface area contributed by atoms with Crippen LogP contribution in [-0.2, 0) is 17.7 Å². The monoisotopic (exact) mass is 506 g/mol. The Hall–Kier alpha value is -2.65. The molecule has 174 valence electrons. The Kier molecular flexibility index (Phi) is 9.50. The van der Waals surface area contributed by atoms with E-state index in [1.54, 1.807) is 29.5 Å². The average molecular weight is 507 g/mol. The zero-order valence-electron chi connectivity index (χ0n) is 18.0. The first-order valence-corrected chi connectivity index (χ1v) is 11.9. The van der Waals surface area contributed by atoms with Gasteiger partial charge in [0.2, 0.25) is 0 Å². The number of hydrogen-bond acceptors (Lipinski definition) is 5. The summed E-state index contributed by atoms with van der Waals surface area (Å²) in [6, 6.07) is 14.2. The summed E-state index contributed by atoms with van der Waals surface area (Å²) in [5, 5.41) is 9.18. The lowest BCUT2D eigenvalue weighted by Crippen LogP contribution is -2.36. The van der Waals surface area contributed by atoms with E-state index < -0.39 is 0 Å². The third kappa shape index (κ3) is 7.71. The van der Waals surface area contributed by atoms with Gasteiger partial charge in [0.1, 0.15) is 10.7 Å². The van der Waals surface area contributed by atoms with Crippen molar-refractivity contribution in [3.63, 3.8) is 0 Å². The van der Waals surface area contributed by atoms with Crippen molar-refractivity contribution in [2.24, 2.45) is 0 Å². The quantitative estimate of drug-likeness (QED) is 0.400. The standard InChI is InChI=1S/C23H24Cl2N4O3S/c1-32-12-11-29(23(31)27-18-5-3-2-4-6-18)14-21-28-20(15-33-21)22(30)26-10-9-16-7-8-17(24)13-19(16)25/h2-8,13,15H,9-12,14H2,1H3,(H,26,30)(H,27,31). The van der Waals surface area contributed by atoms with Crippen molar-refractivity contribution >= 4 is 52.2 Å². The summed E-state index contributed by atoms with van der Waals surface area (Å²) in [6.07, 6.45) is 0.573. The van der Waals surface area contributed by atoms with Gasteiger partial charge in [0.05, 0.1) is 13.2 Å². The van der Waals surface area contributed by atoms with Gasteiger partial charge in [-0.3, -0.25) is 4.79 Å². The second-order valence-electron chi connectivity index (χ2n) is 7.08. The molecule has 10 heteroatoms. The first-order chi connectivity index (χ1) is 16.0. The van der Waals surface area contributed by atoms with Crippen molar-refractivity contribution in [3.8, 4) is 0 Å². The molecule has 1 heterocycles. The fraction of sp³-hybridized carbons (Fsp3) is 0.261. The summed E-state index contributed by atoms with van der Waals surface area (Å²) in [5.74, 6) is -0.278. The van der Waals surface area contributed by atoms with Gasteiger partial charge < -0.3 is 20.3 Å². The maximum absolute atomic E-state index is 12.7. The van der Waals surface area contributed by atoms with Gasteiger partial charge >= 0.3 is 6.03 Å². The van der Waals surface area contributed by atoms with E-state index in [0.717, 1.165) is 5.56 Å². The fourth-order valence-corrected chi connectivity index (χ4v) is 4.25. The molecule has 7 nitrogen and oxygen atoms in total. The Balaban J connectivity index is 1.56. The number of nitrogens with one attached hydrogen (secondary N) is 2. The predicted molar refractivity (Wildman–Crippen MR) is 132 cm³/mol. The van der Waals surface area contributed by atoms with Gasteiger partial charge in [-0.15, -0.1) is 11.3 Å². The smallest absolute Gasteiger partial charge is 0.322 e. The van der Waals surface area contributed by atoms with E-state index in [1.807, 2.05) is 36.4 Å². The summed E-state index contributed by atoms with van der Waals surface area (Å²) < 4.78 is 5.13. The third-order valence-corrected chi connectivity index (χ3v) is 6.10. The van der Waals surface area contributed by atoms with E-state index in [4.69, 9.17) is 27.9 Å². The number of aromatic nitrogens is 1. The number of methoxy groups -OCH3 is 1. The van der Waals surface area contributed by atoms with Gasteiger partial charge in [0, 0.05) is 41.3 Å². The highest BCUT2D eigenvalue weighted by Gasteiger charge is 2.18. The first kappa shape index (κ1) is 25.0. The molecule has 0 saturated heterocycles. The zero-order valence-corrected chi connectivity index (χ0v) is 20.3. The fourth-order valence-electron chi connectivity index (χ4n) is 2.95. The van der Waals surface area contributed by atoms with Crippen LogP contribution in [0.15, 0.2) is 53.9 Å². The molecule has 1 aromatic heterocycles. The van der Waals surface area contributed by atoms with E-state index in [1.165, 1.54) is 11.3 Å². The summed E-state index contributed by atoms with van der Waals surface area (Å²) >= 11 is 13.4. The maximum Gasteiger partial charge on any atom is 0.322 e. The third-order valence-electron chi connectivity index (χ3n) is 4.68. The number of anilines is 1. The summed E-state index contributed by atoms with van der Waals surface area (Å²) in [4.78, 5) is 31.2. The predicted octanol–water partition coefficient (Wildman–Crippen LogP) is 5.10. The minimum absolute atomic E-state index is 0.264. The average Bonchev–Trinajstić information content (AvgIpc) is 3.27. The molecule has 0 saturated carbocycles. The van der Waals surface area contributed by atoms with Gasteiger partial charge in [-0.25, -0.2) is 9.78 Å². The molecule has 33 heavy (non-hydrogen) atoms. The Labute approximate surface area is 206 Å². The molecular formula is C23H24Cl2N4O3S. The molecule has 3 aromatic rings. The van der Waals surface area contributed by atoms with E-state index in [9.17, 15) is 9.59 Å². The van der Waals surface area contributed by atoms with Crippen LogP contribution in [0.5, 0.6) is 0 Å². The lowest BCUT2D eigenvalue weighted by molar-refractivity contribution is 0.0949. The minimum Gasteiger partial charge on any atom is -0.383 e. The van der Waals surface area contributed by atoms with Crippen LogP contribution in [0.2, 0.25) is 10.0 Å². The van der Waals surface area contributed by atoms with Gasteiger partial charge in [0.25, 0.3) is 5.91 Å². The molecule has 0 radical (unpaired) electrons. The van der Waals surface area contributed by atoms with Crippen molar-refractivity contribution in [1.82, 2.24) is 15.2 Å². The number of carbonyl (C=O) groups is 2. The second-order valence-corrected chi connectivity index (χ2v) is 8.86. The topological polar surface area (TPSA) is 83.6 Å². The molecule has 0 bridgehead atoms. The minimum atomic E-state index is -0.278. The second kappa shape index (κ2) is 12.6. The Morgan fingerprint density at radius 2 is 1.94 bits per heavy atom. The number of amides is 3. The molecular weight excluding hydrogens is 483 g/mol. The molecule has 2 N–H and O–H groups in total. The molecule has 0 aliphatic heterocycles.